The van der Waals surface area contributed by atoms with Gasteiger partial charge in [0.15, 0.2) is 0 Å². The summed E-state index contributed by atoms with van der Waals surface area (Å²) >= 11 is 0. The molecular weight excluding hydrogens is 236 g/mol. The van der Waals surface area contributed by atoms with Crippen molar-refractivity contribution < 1.29 is 9.15 Å². The normalized spacial score (nSPS) is 17.4. The van der Waals surface area contributed by atoms with Crippen molar-refractivity contribution in [3.63, 3.8) is 0 Å². The Kier molecular flexibility index (Phi) is 2.03. The highest BCUT2D eigenvalue weighted by Gasteiger charge is 2.28. The summed E-state index contributed by atoms with van der Waals surface area (Å²) in [5.41, 5.74) is 3.14. The molecule has 2 aromatic carbocycles. The summed E-state index contributed by atoms with van der Waals surface area (Å²) in [4.78, 5) is 0. The fourth-order valence-electron chi connectivity index (χ4n) is 2.99. The Balaban J connectivity index is 2.07. The largest absolute Gasteiger partial charge is 0.488 e. The van der Waals surface area contributed by atoms with E-state index >= 15 is 0 Å². The van der Waals surface area contributed by atoms with Crippen molar-refractivity contribution in [3.8, 4) is 5.75 Å². The summed E-state index contributed by atoms with van der Waals surface area (Å²) in [6, 6.07) is 12.3. The highest BCUT2D eigenvalue weighted by Crippen LogP contribution is 2.41. The van der Waals surface area contributed by atoms with Crippen LogP contribution in [0.4, 0.5) is 0 Å². The van der Waals surface area contributed by atoms with Crippen LogP contribution in [-0.4, -0.2) is 5.60 Å². The van der Waals surface area contributed by atoms with Gasteiger partial charge in [0.05, 0.1) is 0 Å². The standard InChI is InChI=1S/C17H16O2/c1-17(2)10-9-12-14(19-17)7-8-15-16(12)11-5-3-4-6-13(11)18-15/h3-8H,9-10H2,1-2H3. The number of rotatable bonds is 0. The molecule has 19 heavy (non-hydrogen) atoms. The van der Waals surface area contributed by atoms with Gasteiger partial charge in [-0.2, -0.15) is 0 Å². The van der Waals surface area contributed by atoms with E-state index < -0.39 is 0 Å². The molecular formula is C17H16O2. The van der Waals surface area contributed by atoms with Crippen LogP contribution >= 0.6 is 0 Å². The molecule has 0 saturated heterocycles. The lowest BCUT2D eigenvalue weighted by Gasteiger charge is -2.32. The quantitative estimate of drug-likeness (QED) is 0.579. The van der Waals surface area contributed by atoms with Crippen LogP contribution in [0.1, 0.15) is 25.8 Å². The molecule has 0 amide bonds. The van der Waals surface area contributed by atoms with E-state index in [0.29, 0.717) is 0 Å². The molecule has 96 valence electrons. The van der Waals surface area contributed by atoms with Crippen molar-refractivity contribution in [2.45, 2.75) is 32.3 Å². The van der Waals surface area contributed by atoms with Crippen LogP contribution < -0.4 is 4.74 Å². The first-order valence-electron chi connectivity index (χ1n) is 6.76. The number of benzene rings is 2. The van der Waals surface area contributed by atoms with Crippen LogP contribution in [0.15, 0.2) is 40.8 Å². The van der Waals surface area contributed by atoms with Crippen molar-refractivity contribution in [2.24, 2.45) is 0 Å². The van der Waals surface area contributed by atoms with Gasteiger partial charge in [0.25, 0.3) is 0 Å². The van der Waals surface area contributed by atoms with Gasteiger partial charge in [-0.25, -0.2) is 0 Å². The van der Waals surface area contributed by atoms with Gasteiger partial charge >= 0.3 is 0 Å². The highest BCUT2D eigenvalue weighted by atomic mass is 16.5. The minimum Gasteiger partial charge on any atom is -0.488 e. The number of fused-ring (bicyclic) bond motifs is 5. The Morgan fingerprint density at radius 2 is 1.84 bits per heavy atom. The van der Waals surface area contributed by atoms with Gasteiger partial charge in [0.2, 0.25) is 0 Å². The Hall–Kier alpha value is -1.96. The number of para-hydroxylation sites is 1. The zero-order chi connectivity index (χ0) is 13.0. The first-order valence-corrected chi connectivity index (χ1v) is 6.76. The summed E-state index contributed by atoms with van der Waals surface area (Å²) in [6.07, 6.45) is 2.09. The summed E-state index contributed by atoms with van der Waals surface area (Å²) in [6.45, 7) is 4.29. The lowest BCUT2D eigenvalue weighted by Crippen LogP contribution is -2.32. The molecule has 0 bridgehead atoms. The molecule has 2 nitrogen and oxygen atoms in total. The van der Waals surface area contributed by atoms with E-state index in [1.165, 1.54) is 16.3 Å². The third-order valence-electron chi connectivity index (χ3n) is 3.97. The molecule has 1 aliphatic rings. The fourth-order valence-corrected chi connectivity index (χ4v) is 2.99. The number of hydrogen-bond donors (Lipinski definition) is 0. The van der Waals surface area contributed by atoms with Crippen molar-refractivity contribution in [1.29, 1.82) is 0 Å². The number of ether oxygens (including phenoxy) is 1. The van der Waals surface area contributed by atoms with E-state index in [1.807, 2.05) is 24.3 Å². The smallest absolute Gasteiger partial charge is 0.135 e. The van der Waals surface area contributed by atoms with Gasteiger partial charge in [-0.3, -0.25) is 0 Å². The average molecular weight is 252 g/mol. The minimum absolute atomic E-state index is 0.0692. The van der Waals surface area contributed by atoms with Crippen LogP contribution in [0.5, 0.6) is 5.75 Å². The van der Waals surface area contributed by atoms with Crippen LogP contribution in [0.3, 0.4) is 0 Å². The third kappa shape index (κ3) is 1.56. The molecule has 0 radical (unpaired) electrons. The average Bonchev–Trinajstić information content (AvgIpc) is 2.76. The van der Waals surface area contributed by atoms with E-state index in [4.69, 9.17) is 9.15 Å². The molecule has 2 heterocycles. The third-order valence-corrected chi connectivity index (χ3v) is 3.97. The minimum atomic E-state index is -0.0692. The maximum atomic E-state index is 6.10. The molecule has 0 unspecified atom stereocenters. The molecule has 1 aromatic heterocycles. The van der Waals surface area contributed by atoms with Crippen LogP contribution in [-0.2, 0) is 6.42 Å². The lowest BCUT2D eigenvalue weighted by atomic mass is 9.92. The maximum Gasteiger partial charge on any atom is 0.135 e. The predicted molar refractivity (Wildman–Crippen MR) is 76.7 cm³/mol. The Morgan fingerprint density at radius 3 is 2.74 bits per heavy atom. The molecule has 4 rings (SSSR count). The molecule has 2 heteroatoms. The van der Waals surface area contributed by atoms with Gasteiger partial charge < -0.3 is 9.15 Å². The molecule has 0 atom stereocenters. The first kappa shape index (κ1) is 10.9. The number of aryl methyl sites for hydroxylation is 1. The number of hydrogen-bond acceptors (Lipinski definition) is 2. The zero-order valence-corrected chi connectivity index (χ0v) is 11.2. The molecule has 0 saturated carbocycles. The van der Waals surface area contributed by atoms with Gasteiger partial charge in [-0.15, -0.1) is 0 Å². The van der Waals surface area contributed by atoms with Crippen molar-refractivity contribution in [2.75, 3.05) is 0 Å². The van der Waals surface area contributed by atoms with E-state index in [2.05, 4.69) is 26.0 Å². The highest BCUT2D eigenvalue weighted by molar-refractivity contribution is 6.07. The van der Waals surface area contributed by atoms with Gasteiger partial charge in [-0.05, 0) is 44.9 Å². The van der Waals surface area contributed by atoms with Crippen LogP contribution in [0.2, 0.25) is 0 Å². The number of furan rings is 1. The van der Waals surface area contributed by atoms with Crippen molar-refractivity contribution in [1.82, 2.24) is 0 Å². The lowest BCUT2D eigenvalue weighted by molar-refractivity contribution is 0.0853. The second-order valence-corrected chi connectivity index (χ2v) is 5.88. The zero-order valence-electron chi connectivity index (χ0n) is 11.2. The summed E-state index contributed by atoms with van der Waals surface area (Å²) in [7, 11) is 0. The van der Waals surface area contributed by atoms with Crippen LogP contribution in [0, 0.1) is 0 Å². The van der Waals surface area contributed by atoms with E-state index in [0.717, 1.165) is 29.8 Å². The van der Waals surface area contributed by atoms with E-state index in [9.17, 15) is 0 Å². The SMILES string of the molecule is CC1(C)CCc2c(ccc3oc4ccccc4c23)O1. The molecule has 1 aliphatic heterocycles. The Morgan fingerprint density at radius 1 is 1.00 bits per heavy atom. The van der Waals surface area contributed by atoms with Gasteiger partial charge in [0.1, 0.15) is 22.5 Å². The van der Waals surface area contributed by atoms with Gasteiger partial charge in [0, 0.05) is 16.3 Å². The summed E-state index contributed by atoms with van der Waals surface area (Å²) in [5, 5.41) is 2.42. The van der Waals surface area contributed by atoms with Gasteiger partial charge in [-0.1, -0.05) is 18.2 Å². The molecule has 0 fully saturated rings. The molecule has 3 aromatic rings. The molecule has 0 spiro atoms. The fraction of sp³-hybridized carbons (Fsp3) is 0.294. The molecule has 0 aliphatic carbocycles. The second kappa shape index (κ2) is 3.53. The maximum absolute atomic E-state index is 6.10. The summed E-state index contributed by atoms with van der Waals surface area (Å²) < 4.78 is 12.0. The first-order chi connectivity index (χ1) is 9.14. The predicted octanol–water partition coefficient (Wildman–Crippen LogP) is 4.69. The summed E-state index contributed by atoms with van der Waals surface area (Å²) in [5.74, 6) is 1.01. The van der Waals surface area contributed by atoms with Crippen LogP contribution in [0.25, 0.3) is 21.9 Å². The topological polar surface area (TPSA) is 22.4 Å². The Bertz CT molecular complexity index is 780. The van der Waals surface area contributed by atoms with E-state index in [-0.39, 0.29) is 5.60 Å². The second-order valence-electron chi connectivity index (χ2n) is 5.88. The molecule has 0 N–H and O–H groups in total. The monoisotopic (exact) mass is 252 g/mol. The Labute approximate surface area is 112 Å². The van der Waals surface area contributed by atoms with Crippen molar-refractivity contribution in [3.05, 3.63) is 42.0 Å². The van der Waals surface area contributed by atoms with E-state index in [1.54, 1.807) is 0 Å². The van der Waals surface area contributed by atoms with Crippen molar-refractivity contribution >= 4 is 21.9 Å².